The van der Waals surface area contributed by atoms with E-state index < -0.39 is 0 Å². The second-order valence-electron chi connectivity index (χ2n) is 3.85. The quantitative estimate of drug-likeness (QED) is 0.879. The number of hydrogen-bond acceptors (Lipinski definition) is 5. The lowest BCUT2D eigenvalue weighted by molar-refractivity contribution is 0.912. The standard InChI is InChI=1S/C12H14BrN5/c1-3-11-17-10(13)4-12(18-11)16-7-9-6-14-8(2)5-15-9/h4-6H,3,7H2,1-2H3,(H,16,17,18). The predicted octanol–water partition coefficient (Wildman–Crippen LogP) is 2.51. The first-order chi connectivity index (χ1) is 8.67. The normalized spacial score (nSPS) is 10.4. The number of halogens is 1. The van der Waals surface area contributed by atoms with Crippen molar-refractivity contribution in [2.75, 3.05) is 5.32 Å². The number of aryl methyl sites for hydroxylation is 2. The van der Waals surface area contributed by atoms with Gasteiger partial charge in [0.1, 0.15) is 16.2 Å². The van der Waals surface area contributed by atoms with Gasteiger partial charge < -0.3 is 5.32 Å². The molecule has 0 fully saturated rings. The van der Waals surface area contributed by atoms with E-state index in [1.54, 1.807) is 12.4 Å². The van der Waals surface area contributed by atoms with Crippen LogP contribution in [0.1, 0.15) is 24.1 Å². The van der Waals surface area contributed by atoms with Crippen LogP contribution in [0.4, 0.5) is 5.82 Å². The molecule has 0 aliphatic carbocycles. The van der Waals surface area contributed by atoms with Gasteiger partial charge >= 0.3 is 0 Å². The maximum atomic E-state index is 4.38. The molecule has 0 saturated heterocycles. The summed E-state index contributed by atoms with van der Waals surface area (Å²) in [5.74, 6) is 1.60. The lowest BCUT2D eigenvalue weighted by atomic mass is 10.4. The van der Waals surface area contributed by atoms with E-state index in [0.717, 1.165) is 34.1 Å². The summed E-state index contributed by atoms with van der Waals surface area (Å²) in [5.41, 5.74) is 1.80. The monoisotopic (exact) mass is 307 g/mol. The predicted molar refractivity (Wildman–Crippen MR) is 73.2 cm³/mol. The third-order valence-electron chi connectivity index (χ3n) is 2.34. The SMILES string of the molecule is CCc1nc(Br)cc(NCc2cnc(C)cn2)n1. The Balaban J connectivity index is 2.05. The van der Waals surface area contributed by atoms with Crippen LogP contribution in [-0.4, -0.2) is 19.9 Å². The molecular formula is C12H14BrN5. The maximum Gasteiger partial charge on any atom is 0.131 e. The number of hydrogen-bond donors (Lipinski definition) is 1. The lowest BCUT2D eigenvalue weighted by Gasteiger charge is -2.06. The van der Waals surface area contributed by atoms with Crippen molar-refractivity contribution in [1.82, 2.24) is 19.9 Å². The largest absolute Gasteiger partial charge is 0.364 e. The van der Waals surface area contributed by atoms with Gasteiger partial charge in [-0.05, 0) is 22.9 Å². The fourth-order valence-electron chi connectivity index (χ4n) is 1.41. The van der Waals surface area contributed by atoms with Gasteiger partial charge in [-0.1, -0.05) is 6.92 Å². The van der Waals surface area contributed by atoms with E-state index in [0.29, 0.717) is 6.54 Å². The zero-order valence-electron chi connectivity index (χ0n) is 10.3. The molecule has 0 amide bonds. The van der Waals surface area contributed by atoms with Crippen LogP contribution in [0.2, 0.25) is 0 Å². The minimum atomic E-state index is 0.597. The Bertz CT molecular complexity index is 526. The highest BCUT2D eigenvalue weighted by atomic mass is 79.9. The van der Waals surface area contributed by atoms with Gasteiger partial charge in [-0.2, -0.15) is 0 Å². The molecule has 0 saturated carbocycles. The average molecular weight is 308 g/mol. The molecule has 0 unspecified atom stereocenters. The summed E-state index contributed by atoms with van der Waals surface area (Å²) in [5, 5.41) is 3.21. The van der Waals surface area contributed by atoms with Crippen LogP contribution in [-0.2, 0) is 13.0 Å². The van der Waals surface area contributed by atoms with E-state index in [4.69, 9.17) is 0 Å². The number of nitrogens with zero attached hydrogens (tertiary/aromatic N) is 4. The molecule has 2 rings (SSSR count). The molecule has 18 heavy (non-hydrogen) atoms. The second-order valence-corrected chi connectivity index (χ2v) is 4.66. The van der Waals surface area contributed by atoms with Gasteiger partial charge in [-0.3, -0.25) is 9.97 Å². The topological polar surface area (TPSA) is 63.6 Å². The van der Waals surface area contributed by atoms with Crippen molar-refractivity contribution in [2.45, 2.75) is 26.8 Å². The molecule has 2 aromatic rings. The van der Waals surface area contributed by atoms with Crippen LogP contribution in [0.3, 0.4) is 0 Å². The summed E-state index contributed by atoms with van der Waals surface area (Å²) < 4.78 is 0.784. The Kier molecular flexibility index (Phi) is 4.19. The van der Waals surface area contributed by atoms with Crippen LogP contribution in [0.15, 0.2) is 23.1 Å². The Morgan fingerprint density at radius 2 is 2.06 bits per heavy atom. The van der Waals surface area contributed by atoms with Crippen molar-refractivity contribution in [3.63, 3.8) is 0 Å². The van der Waals surface area contributed by atoms with Gasteiger partial charge in [0.2, 0.25) is 0 Å². The maximum absolute atomic E-state index is 4.38. The number of aromatic nitrogens is 4. The Morgan fingerprint density at radius 1 is 1.22 bits per heavy atom. The highest BCUT2D eigenvalue weighted by Gasteiger charge is 2.02. The molecule has 0 aliphatic rings. The summed E-state index contributed by atoms with van der Waals surface area (Å²) in [4.78, 5) is 17.1. The zero-order chi connectivity index (χ0) is 13.0. The smallest absolute Gasteiger partial charge is 0.131 e. The molecule has 0 spiro atoms. The molecule has 5 nitrogen and oxygen atoms in total. The van der Waals surface area contributed by atoms with Gasteiger partial charge in [0.05, 0.1) is 24.1 Å². The Labute approximate surface area is 114 Å². The molecule has 6 heteroatoms. The van der Waals surface area contributed by atoms with Crippen LogP contribution in [0, 0.1) is 6.92 Å². The first kappa shape index (κ1) is 12.9. The molecule has 2 aromatic heterocycles. The van der Waals surface area contributed by atoms with Crippen molar-refractivity contribution in [1.29, 1.82) is 0 Å². The first-order valence-corrected chi connectivity index (χ1v) is 6.51. The zero-order valence-corrected chi connectivity index (χ0v) is 11.9. The number of anilines is 1. The minimum absolute atomic E-state index is 0.597. The summed E-state index contributed by atoms with van der Waals surface area (Å²) >= 11 is 3.37. The van der Waals surface area contributed by atoms with Gasteiger partial charge in [0.25, 0.3) is 0 Å². The third-order valence-corrected chi connectivity index (χ3v) is 2.75. The highest BCUT2D eigenvalue weighted by Crippen LogP contribution is 2.13. The molecule has 0 radical (unpaired) electrons. The fraction of sp³-hybridized carbons (Fsp3) is 0.333. The van der Waals surface area contributed by atoms with Crippen LogP contribution in [0.5, 0.6) is 0 Å². The molecule has 0 aliphatic heterocycles. The molecule has 0 bridgehead atoms. The van der Waals surface area contributed by atoms with E-state index in [2.05, 4.69) is 41.2 Å². The van der Waals surface area contributed by atoms with E-state index in [1.807, 2.05) is 19.9 Å². The number of nitrogens with one attached hydrogen (secondary N) is 1. The average Bonchev–Trinajstić information content (AvgIpc) is 2.37. The van der Waals surface area contributed by atoms with Crippen LogP contribution < -0.4 is 5.32 Å². The van der Waals surface area contributed by atoms with Crippen molar-refractivity contribution in [3.05, 3.63) is 40.3 Å². The third kappa shape index (κ3) is 3.46. The van der Waals surface area contributed by atoms with E-state index in [1.165, 1.54) is 0 Å². The Hall–Kier alpha value is -1.56. The van der Waals surface area contributed by atoms with Gasteiger partial charge in [0, 0.05) is 18.7 Å². The van der Waals surface area contributed by atoms with E-state index in [9.17, 15) is 0 Å². The molecule has 1 N–H and O–H groups in total. The van der Waals surface area contributed by atoms with Crippen LogP contribution >= 0.6 is 15.9 Å². The van der Waals surface area contributed by atoms with E-state index >= 15 is 0 Å². The lowest BCUT2D eigenvalue weighted by Crippen LogP contribution is -2.06. The fourth-order valence-corrected chi connectivity index (χ4v) is 1.83. The molecule has 94 valence electrons. The Morgan fingerprint density at radius 3 is 2.72 bits per heavy atom. The first-order valence-electron chi connectivity index (χ1n) is 5.72. The molecule has 0 atom stereocenters. The summed E-state index contributed by atoms with van der Waals surface area (Å²) in [7, 11) is 0. The van der Waals surface area contributed by atoms with Gasteiger partial charge in [-0.25, -0.2) is 9.97 Å². The number of rotatable bonds is 4. The van der Waals surface area contributed by atoms with Crippen molar-refractivity contribution in [3.8, 4) is 0 Å². The van der Waals surface area contributed by atoms with Crippen molar-refractivity contribution < 1.29 is 0 Å². The van der Waals surface area contributed by atoms with Gasteiger partial charge in [0.15, 0.2) is 0 Å². The van der Waals surface area contributed by atoms with Crippen molar-refractivity contribution >= 4 is 21.7 Å². The summed E-state index contributed by atoms with van der Waals surface area (Å²) in [6, 6.07) is 1.85. The molecule has 0 aromatic carbocycles. The highest BCUT2D eigenvalue weighted by molar-refractivity contribution is 9.10. The summed E-state index contributed by atoms with van der Waals surface area (Å²) in [6.07, 6.45) is 4.32. The second kappa shape index (κ2) is 5.86. The van der Waals surface area contributed by atoms with Crippen molar-refractivity contribution in [2.24, 2.45) is 0 Å². The minimum Gasteiger partial charge on any atom is -0.364 e. The van der Waals surface area contributed by atoms with Gasteiger partial charge in [-0.15, -0.1) is 0 Å². The van der Waals surface area contributed by atoms with Crippen LogP contribution in [0.25, 0.3) is 0 Å². The summed E-state index contributed by atoms with van der Waals surface area (Å²) in [6.45, 7) is 4.54. The van der Waals surface area contributed by atoms with E-state index in [-0.39, 0.29) is 0 Å². The molecular weight excluding hydrogens is 294 g/mol. The molecule has 2 heterocycles.